The van der Waals surface area contributed by atoms with Gasteiger partial charge < -0.3 is 10.1 Å². The molecule has 0 atom stereocenters. The normalized spacial score (nSPS) is 24.9. The highest BCUT2D eigenvalue weighted by Crippen LogP contribution is 2.28. The fourth-order valence-corrected chi connectivity index (χ4v) is 3.21. The van der Waals surface area contributed by atoms with Crippen LogP contribution in [-0.2, 0) is 10.0 Å². The first-order valence-corrected chi connectivity index (χ1v) is 6.99. The van der Waals surface area contributed by atoms with Crippen molar-refractivity contribution < 1.29 is 13.5 Å². The number of rotatable bonds is 4. The van der Waals surface area contributed by atoms with Gasteiger partial charge in [-0.05, 0) is 25.7 Å². The zero-order valence-electron chi connectivity index (χ0n) is 9.92. The van der Waals surface area contributed by atoms with Gasteiger partial charge >= 0.3 is 0 Å². The smallest absolute Gasteiger partial charge is 0.259 e. The first-order chi connectivity index (χ1) is 7.89. The Bertz CT molecular complexity index is 491. The van der Waals surface area contributed by atoms with E-state index in [0.29, 0.717) is 25.2 Å². The van der Waals surface area contributed by atoms with E-state index >= 15 is 0 Å². The van der Waals surface area contributed by atoms with Crippen molar-refractivity contribution >= 4 is 10.0 Å². The summed E-state index contributed by atoms with van der Waals surface area (Å²) in [5.41, 5.74) is 0. The number of hydrogen-bond donors (Lipinski definition) is 2. The van der Waals surface area contributed by atoms with E-state index < -0.39 is 10.0 Å². The Morgan fingerprint density at radius 1 is 1.59 bits per heavy atom. The second kappa shape index (κ2) is 4.40. The minimum Gasteiger partial charge on any atom is -0.393 e. The van der Waals surface area contributed by atoms with Gasteiger partial charge in [-0.2, -0.15) is 4.31 Å². The zero-order chi connectivity index (χ0) is 12.6. The van der Waals surface area contributed by atoms with E-state index in [4.69, 9.17) is 0 Å². The summed E-state index contributed by atoms with van der Waals surface area (Å²) in [6.45, 7) is 2.15. The van der Waals surface area contributed by atoms with Crippen LogP contribution in [0.2, 0.25) is 0 Å². The molecular weight excluding hydrogens is 242 g/mol. The van der Waals surface area contributed by atoms with E-state index in [1.54, 1.807) is 14.0 Å². The van der Waals surface area contributed by atoms with Crippen LogP contribution < -0.4 is 0 Å². The lowest BCUT2D eigenvalue weighted by atomic mass is 9.82. The van der Waals surface area contributed by atoms with Crippen molar-refractivity contribution in [1.82, 2.24) is 14.3 Å². The van der Waals surface area contributed by atoms with Crippen LogP contribution in [0.5, 0.6) is 0 Å². The van der Waals surface area contributed by atoms with Gasteiger partial charge in [0.2, 0.25) is 0 Å². The predicted molar refractivity (Wildman–Crippen MR) is 61.9 cm³/mol. The quantitative estimate of drug-likeness (QED) is 0.803. The topological polar surface area (TPSA) is 86.3 Å². The van der Waals surface area contributed by atoms with Gasteiger partial charge in [0.05, 0.1) is 12.3 Å². The van der Waals surface area contributed by atoms with Crippen LogP contribution in [-0.4, -0.2) is 47.5 Å². The maximum absolute atomic E-state index is 12.1. The van der Waals surface area contributed by atoms with Crippen LogP contribution in [0.4, 0.5) is 0 Å². The third-order valence-corrected chi connectivity index (χ3v) is 4.83. The molecule has 0 spiro atoms. The van der Waals surface area contributed by atoms with Crippen LogP contribution in [0.25, 0.3) is 0 Å². The number of hydrogen-bond acceptors (Lipinski definition) is 4. The molecule has 1 heterocycles. The number of aliphatic hydroxyl groups is 1. The van der Waals surface area contributed by atoms with Gasteiger partial charge in [-0.25, -0.2) is 13.4 Å². The maximum atomic E-state index is 12.1. The lowest BCUT2D eigenvalue weighted by Gasteiger charge is -2.33. The minimum atomic E-state index is -3.47. The van der Waals surface area contributed by atoms with Gasteiger partial charge in [-0.1, -0.05) is 0 Å². The summed E-state index contributed by atoms with van der Waals surface area (Å²) in [4.78, 5) is 6.61. The maximum Gasteiger partial charge on any atom is 0.259 e. The molecule has 0 bridgehead atoms. The zero-order valence-corrected chi connectivity index (χ0v) is 10.7. The van der Waals surface area contributed by atoms with Crippen molar-refractivity contribution in [3.8, 4) is 0 Å². The standard InChI is InChI=1S/C10H17N3O3S/c1-7-11-5-10(12-7)17(15,16)13(2)6-8-3-9(14)4-8/h5,8-9,14H,3-4,6H2,1-2H3,(H,11,12). The van der Waals surface area contributed by atoms with E-state index in [9.17, 15) is 13.5 Å². The van der Waals surface area contributed by atoms with E-state index in [-0.39, 0.29) is 17.0 Å². The van der Waals surface area contributed by atoms with Crippen LogP contribution in [0.3, 0.4) is 0 Å². The molecule has 0 unspecified atom stereocenters. The minimum absolute atomic E-state index is 0.123. The Morgan fingerprint density at radius 3 is 2.71 bits per heavy atom. The van der Waals surface area contributed by atoms with Crippen molar-refractivity contribution in [3.05, 3.63) is 12.0 Å². The molecule has 0 radical (unpaired) electrons. The van der Waals surface area contributed by atoms with Crippen LogP contribution in [0, 0.1) is 12.8 Å². The number of imidazole rings is 1. The van der Waals surface area contributed by atoms with Crippen LogP contribution in [0.1, 0.15) is 18.7 Å². The van der Waals surface area contributed by atoms with E-state index in [1.807, 2.05) is 0 Å². The third-order valence-electron chi connectivity index (χ3n) is 3.09. The molecule has 1 aliphatic carbocycles. The Hall–Kier alpha value is -0.920. The number of sulfonamides is 1. The molecule has 1 aromatic rings. The number of aryl methyl sites for hydroxylation is 1. The number of aliphatic hydroxyl groups excluding tert-OH is 1. The second-order valence-electron chi connectivity index (χ2n) is 4.61. The molecule has 6 nitrogen and oxygen atoms in total. The summed E-state index contributed by atoms with van der Waals surface area (Å²) in [6, 6.07) is 0. The summed E-state index contributed by atoms with van der Waals surface area (Å²) in [7, 11) is -1.92. The molecule has 0 aromatic carbocycles. The van der Waals surface area contributed by atoms with Gasteiger partial charge in [-0.3, -0.25) is 0 Å². The molecule has 2 N–H and O–H groups in total. The number of aromatic amines is 1. The molecule has 17 heavy (non-hydrogen) atoms. The number of nitrogens with zero attached hydrogens (tertiary/aromatic N) is 2. The van der Waals surface area contributed by atoms with Crippen molar-refractivity contribution in [1.29, 1.82) is 0 Å². The Kier molecular flexibility index (Phi) is 3.24. The highest BCUT2D eigenvalue weighted by Gasteiger charge is 2.32. The van der Waals surface area contributed by atoms with Gasteiger partial charge in [-0.15, -0.1) is 0 Å². The van der Waals surface area contributed by atoms with Gasteiger partial charge in [0.1, 0.15) is 5.82 Å². The number of aromatic nitrogens is 2. The summed E-state index contributed by atoms with van der Waals surface area (Å²) in [6.07, 6.45) is 2.44. The Balaban J connectivity index is 2.05. The fraction of sp³-hybridized carbons (Fsp3) is 0.700. The first-order valence-electron chi connectivity index (χ1n) is 5.55. The number of H-pyrrole nitrogens is 1. The van der Waals surface area contributed by atoms with Crippen LogP contribution >= 0.6 is 0 Å². The molecule has 0 aliphatic heterocycles. The predicted octanol–water partition coefficient (Wildman–Crippen LogP) is 0.110. The lowest BCUT2D eigenvalue weighted by Crippen LogP contribution is -2.39. The summed E-state index contributed by atoms with van der Waals surface area (Å²) >= 11 is 0. The molecular formula is C10H17N3O3S. The second-order valence-corrected chi connectivity index (χ2v) is 6.62. The summed E-state index contributed by atoms with van der Waals surface area (Å²) in [5.74, 6) is 0.838. The first kappa shape index (κ1) is 12.5. The molecule has 0 amide bonds. The highest BCUT2D eigenvalue weighted by atomic mass is 32.2. The van der Waals surface area contributed by atoms with E-state index in [1.165, 1.54) is 10.5 Å². The molecule has 1 fully saturated rings. The fourth-order valence-electron chi connectivity index (χ4n) is 2.01. The van der Waals surface area contributed by atoms with Gasteiger partial charge in [0, 0.05) is 13.6 Å². The molecule has 0 saturated heterocycles. The lowest BCUT2D eigenvalue weighted by molar-refractivity contribution is 0.0367. The summed E-state index contributed by atoms with van der Waals surface area (Å²) < 4.78 is 25.5. The van der Waals surface area contributed by atoms with Crippen molar-refractivity contribution in [2.45, 2.75) is 30.9 Å². The SMILES string of the molecule is Cc1ncc(S(=O)(=O)N(C)CC2CC(O)C2)[nH]1. The molecule has 1 aliphatic rings. The largest absolute Gasteiger partial charge is 0.393 e. The summed E-state index contributed by atoms with van der Waals surface area (Å²) in [5, 5.41) is 9.29. The molecule has 2 rings (SSSR count). The third kappa shape index (κ3) is 2.51. The monoisotopic (exact) mass is 259 g/mol. The van der Waals surface area contributed by atoms with Crippen LogP contribution in [0.15, 0.2) is 11.2 Å². The van der Waals surface area contributed by atoms with Crippen molar-refractivity contribution in [2.75, 3.05) is 13.6 Å². The van der Waals surface area contributed by atoms with E-state index in [0.717, 1.165) is 0 Å². The number of nitrogens with one attached hydrogen (secondary N) is 1. The average Bonchev–Trinajstić information content (AvgIpc) is 2.63. The highest BCUT2D eigenvalue weighted by molar-refractivity contribution is 7.89. The van der Waals surface area contributed by atoms with Gasteiger partial charge in [0.25, 0.3) is 10.0 Å². The molecule has 1 saturated carbocycles. The molecule has 96 valence electrons. The Labute approximate surface area is 101 Å². The van der Waals surface area contributed by atoms with Gasteiger partial charge in [0.15, 0.2) is 5.03 Å². The van der Waals surface area contributed by atoms with E-state index in [2.05, 4.69) is 9.97 Å². The Morgan fingerprint density at radius 2 is 2.24 bits per heavy atom. The van der Waals surface area contributed by atoms with Crippen molar-refractivity contribution in [2.24, 2.45) is 5.92 Å². The van der Waals surface area contributed by atoms with Crippen molar-refractivity contribution in [3.63, 3.8) is 0 Å². The molecule has 1 aromatic heterocycles. The molecule has 7 heteroatoms. The average molecular weight is 259 g/mol.